The van der Waals surface area contributed by atoms with E-state index in [1.54, 1.807) is 23.1 Å². The van der Waals surface area contributed by atoms with E-state index in [2.05, 4.69) is 22.4 Å². The van der Waals surface area contributed by atoms with Crippen molar-refractivity contribution in [3.05, 3.63) is 23.9 Å². The van der Waals surface area contributed by atoms with Crippen LogP contribution in [-0.4, -0.2) is 53.9 Å². The standard InChI is InChI=1S/C13H21N5O/c1-17-8-4-5-10(9-17)18(2)13(19)11-6-3-7-12(15-11)16-14/h3,6-7,10H,4-5,8-9,14H2,1-2H3,(H,15,16). The first-order chi connectivity index (χ1) is 9.11. The third-order valence-corrected chi connectivity index (χ3v) is 3.58. The van der Waals surface area contributed by atoms with Crippen molar-refractivity contribution in [2.24, 2.45) is 5.84 Å². The number of rotatable bonds is 3. The number of carbonyl (C=O) groups is 1. The van der Waals surface area contributed by atoms with Gasteiger partial charge < -0.3 is 15.2 Å². The second-order valence-corrected chi connectivity index (χ2v) is 5.03. The van der Waals surface area contributed by atoms with Crippen LogP contribution in [-0.2, 0) is 0 Å². The summed E-state index contributed by atoms with van der Waals surface area (Å²) in [6, 6.07) is 5.47. The lowest BCUT2D eigenvalue weighted by atomic mass is 10.0. The SMILES string of the molecule is CN1CCCC(N(C)C(=O)c2cccc(NN)n2)C1. The number of hydrazine groups is 1. The molecule has 0 spiro atoms. The Labute approximate surface area is 113 Å². The first-order valence-corrected chi connectivity index (χ1v) is 6.51. The minimum atomic E-state index is -0.0580. The quantitative estimate of drug-likeness (QED) is 0.615. The molecule has 1 aliphatic rings. The monoisotopic (exact) mass is 263 g/mol. The van der Waals surface area contributed by atoms with Gasteiger partial charge in [-0.1, -0.05) is 6.07 Å². The highest BCUT2D eigenvalue weighted by atomic mass is 16.2. The van der Waals surface area contributed by atoms with E-state index in [-0.39, 0.29) is 11.9 Å². The maximum Gasteiger partial charge on any atom is 0.272 e. The van der Waals surface area contributed by atoms with Crippen molar-refractivity contribution in [1.82, 2.24) is 14.8 Å². The molecule has 19 heavy (non-hydrogen) atoms. The van der Waals surface area contributed by atoms with Crippen molar-refractivity contribution < 1.29 is 4.79 Å². The molecular weight excluding hydrogens is 242 g/mol. The van der Waals surface area contributed by atoms with Gasteiger partial charge in [-0.2, -0.15) is 0 Å². The van der Waals surface area contributed by atoms with Gasteiger partial charge in [0, 0.05) is 19.6 Å². The molecule has 1 aromatic rings. The molecule has 0 aromatic carbocycles. The van der Waals surface area contributed by atoms with Crippen molar-refractivity contribution >= 4 is 11.7 Å². The van der Waals surface area contributed by atoms with Crippen LogP contribution in [0.1, 0.15) is 23.3 Å². The highest BCUT2D eigenvalue weighted by Crippen LogP contribution is 2.16. The number of piperidine rings is 1. The van der Waals surface area contributed by atoms with Crippen LogP contribution >= 0.6 is 0 Å². The number of nitrogens with zero attached hydrogens (tertiary/aromatic N) is 3. The molecule has 0 bridgehead atoms. The normalized spacial score (nSPS) is 20.1. The summed E-state index contributed by atoms with van der Waals surface area (Å²) in [4.78, 5) is 20.6. The number of hydrogen-bond acceptors (Lipinski definition) is 5. The average Bonchev–Trinajstić information content (AvgIpc) is 2.45. The second-order valence-electron chi connectivity index (χ2n) is 5.03. The number of nitrogens with two attached hydrogens (primary N) is 1. The molecule has 6 heteroatoms. The topological polar surface area (TPSA) is 74.5 Å². The van der Waals surface area contributed by atoms with Crippen molar-refractivity contribution in [3.63, 3.8) is 0 Å². The molecule has 2 heterocycles. The van der Waals surface area contributed by atoms with E-state index in [1.807, 2.05) is 7.05 Å². The minimum absolute atomic E-state index is 0.0580. The van der Waals surface area contributed by atoms with Crippen LogP contribution in [0, 0.1) is 0 Å². The Balaban J connectivity index is 2.09. The van der Waals surface area contributed by atoms with E-state index < -0.39 is 0 Å². The molecular formula is C13H21N5O. The second kappa shape index (κ2) is 5.99. The summed E-state index contributed by atoms with van der Waals surface area (Å²) in [5.41, 5.74) is 2.88. The minimum Gasteiger partial charge on any atom is -0.336 e. The number of pyridine rings is 1. The van der Waals surface area contributed by atoms with Crippen LogP contribution in [0.2, 0.25) is 0 Å². The summed E-state index contributed by atoms with van der Waals surface area (Å²) in [5, 5.41) is 0. The van der Waals surface area contributed by atoms with E-state index in [0.717, 1.165) is 25.9 Å². The van der Waals surface area contributed by atoms with E-state index >= 15 is 0 Å². The first-order valence-electron chi connectivity index (χ1n) is 6.51. The van der Waals surface area contributed by atoms with E-state index in [0.29, 0.717) is 11.5 Å². The number of amides is 1. The van der Waals surface area contributed by atoms with Gasteiger partial charge in [-0.3, -0.25) is 4.79 Å². The van der Waals surface area contributed by atoms with Crippen molar-refractivity contribution in [2.45, 2.75) is 18.9 Å². The van der Waals surface area contributed by atoms with Crippen molar-refractivity contribution in [3.8, 4) is 0 Å². The molecule has 0 saturated carbocycles. The number of nitrogen functional groups attached to an aromatic ring is 1. The summed E-state index contributed by atoms with van der Waals surface area (Å²) in [6.07, 6.45) is 2.16. The fourth-order valence-electron chi connectivity index (χ4n) is 2.44. The fraction of sp³-hybridized carbons (Fsp3) is 0.538. The Morgan fingerprint density at radius 2 is 2.37 bits per heavy atom. The first kappa shape index (κ1) is 13.8. The molecule has 104 valence electrons. The number of hydrogen-bond donors (Lipinski definition) is 2. The maximum absolute atomic E-state index is 12.4. The average molecular weight is 263 g/mol. The lowest BCUT2D eigenvalue weighted by molar-refractivity contribution is 0.0638. The molecule has 1 unspecified atom stereocenters. The smallest absolute Gasteiger partial charge is 0.272 e. The number of nitrogens with one attached hydrogen (secondary N) is 1. The zero-order chi connectivity index (χ0) is 13.8. The van der Waals surface area contributed by atoms with Gasteiger partial charge in [0.25, 0.3) is 5.91 Å². The van der Waals surface area contributed by atoms with Crippen LogP contribution in [0.4, 0.5) is 5.82 Å². The summed E-state index contributed by atoms with van der Waals surface area (Å²) >= 11 is 0. The Morgan fingerprint density at radius 1 is 1.58 bits per heavy atom. The third-order valence-electron chi connectivity index (χ3n) is 3.58. The highest BCUT2D eigenvalue weighted by molar-refractivity contribution is 5.92. The molecule has 0 aliphatic carbocycles. The van der Waals surface area contributed by atoms with Crippen LogP contribution in [0.3, 0.4) is 0 Å². The van der Waals surface area contributed by atoms with Crippen LogP contribution in [0.15, 0.2) is 18.2 Å². The number of likely N-dealkylation sites (tertiary alicyclic amines) is 1. The van der Waals surface area contributed by atoms with Crippen LogP contribution in [0.25, 0.3) is 0 Å². The summed E-state index contributed by atoms with van der Waals surface area (Å²) in [5.74, 6) is 5.75. The lowest BCUT2D eigenvalue weighted by Crippen LogP contribution is -2.47. The van der Waals surface area contributed by atoms with Gasteiger partial charge in [0.1, 0.15) is 11.5 Å². The Bertz CT molecular complexity index is 450. The van der Waals surface area contributed by atoms with Gasteiger partial charge in [-0.25, -0.2) is 10.8 Å². The largest absolute Gasteiger partial charge is 0.336 e. The van der Waals surface area contributed by atoms with Gasteiger partial charge in [-0.05, 0) is 38.6 Å². The van der Waals surface area contributed by atoms with Crippen molar-refractivity contribution in [2.75, 3.05) is 32.6 Å². The van der Waals surface area contributed by atoms with E-state index in [1.165, 1.54) is 0 Å². The fourth-order valence-corrected chi connectivity index (χ4v) is 2.44. The number of likely N-dealkylation sites (N-methyl/N-ethyl adjacent to an activating group) is 2. The van der Waals surface area contributed by atoms with Crippen LogP contribution in [0.5, 0.6) is 0 Å². The molecule has 1 aromatic heterocycles. The molecule has 1 amide bonds. The Hall–Kier alpha value is -1.66. The van der Waals surface area contributed by atoms with Gasteiger partial charge in [0.05, 0.1) is 0 Å². The molecule has 3 N–H and O–H groups in total. The molecule has 2 rings (SSSR count). The van der Waals surface area contributed by atoms with Gasteiger partial charge in [0.15, 0.2) is 0 Å². The zero-order valence-corrected chi connectivity index (χ0v) is 11.5. The Morgan fingerprint density at radius 3 is 3.05 bits per heavy atom. The Kier molecular flexibility index (Phi) is 4.34. The summed E-state index contributed by atoms with van der Waals surface area (Å²) in [7, 11) is 3.93. The molecule has 1 aliphatic heterocycles. The van der Waals surface area contributed by atoms with Gasteiger partial charge >= 0.3 is 0 Å². The highest BCUT2D eigenvalue weighted by Gasteiger charge is 2.25. The predicted molar refractivity (Wildman–Crippen MR) is 74.7 cm³/mol. The van der Waals surface area contributed by atoms with Gasteiger partial charge in [-0.15, -0.1) is 0 Å². The molecule has 0 radical (unpaired) electrons. The maximum atomic E-state index is 12.4. The molecule has 1 fully saturated rings. The molecule has 6 nitrogen and oxygen atoms in total. The van der Waals surface area contributed by atoms with E-state index in [4.69, 9.17) is 5.84 Å². The predicted octanol–water partition coefficient (Wildman–Crippen LogP) is 0.533. The van der Waals surface area contributed by atoms with Crippen molar-refractivity contribution in [1.29, 1.82) is 0 Å². The van der Waals surface area contributed by atoms with Gasteiger partial charge in [0.2, 0.25) is 0 Å². The van der Waals surface area contributed by atoms with Crippen LogP contribution < -0.4 is 11.3 Å². The third kappa shape index (κ3) is 3.21. The van der Waals surface area contributed by atoms with E-state index in [9.17, 15) is 4.79 Å². The summed E-state index contributed by atoms with van der Waals surface area (Å²) in [6.45, 7) is 2.01. The molecule has 1 saturated heterocycles. The molecule has 1 atom stereocenters. The lowest BCUT2D eigenvalue weighted by Gasteiger charge is -2.35. The number of anilines is 1. The summed E-state index contributed by atoms with van der Waals surface area (Å²) < 4.78 is 0. The zero-order valence-electron chi connectivity index (χ0n) is 11.5. The number of aromatic nitrogens is 1. The number of carbonyl (C=O) groups excluding carboxylic acids is 1.